The van der Waals surface area contributed by atoms with Crippen LogP contribution in [0.15, 0.2) is 36.4 Å². The van der Waals surface area contributed by atoms with Gasteiger partial charge in [-0.2, -0.15) is 0 Å². The topological polar surface area (TPSA) is 15.7 Å². The van der Waals surface area contributed by atoms with Crippen LogP contribution in [0.25, 0.3) is 0 Å². The number of rotatable bonds is 5. The zero-order valence-corrected chi connectivity index (χ0v) is 14.7. The fourth-order valence-corrected chi connectivity index (χ4v) is 2.36. The number of benzene rings is 2. The third-order valence-corrected chi connectivity index (χ3v) is 3.90. The maximum atomic E-state index is 6.04. The van der Waals surface area contributed by atoms with Gasteiger partial charge in [0.15, 0.2) is 0 Å². The molecule has 0 fully saturated rings. The van der Waals surface area contributed by atoms with Crippen molar-refractivity contribution in [1.82, 2.24) is 4.90 Å². The molecule has 0 unspecified atom stereocenters. The highest BCUT2D eigenvalue weighted by atomic mass is 35.5. The van der Waals surface area contributed by atoms with E-state index in [2.05, 4.69) is 15.9 Å². The monoisotopic (exact) mass is 338 g/mol. The van der Waals surface area contributed by atoms with Gasteiger partial charge in [0.1, 0.15) is 11.5 Å². The van der Waals surface area contributed by atoms with Crippen molar-refractivity contribution in [2.75, 3.05) is 33.1 Å². The van der Waals surface area contributed by atoms with Crippen LogP contribution in [-0.4, -0.2) is 33.1 Å². The predicted molar refractivity (Wildman–Crippen MR) is 94.7 cm³/mol. The molecule has 2 rings (SSSR count). The Balaban J connectivity index is 2.34. The quantitative estimate of drug-likeness (QED) is 0.769. The third kappa shape index (κ3) is 4.29. The van der Waals surface area contributed by atoms with Crippen LogP contribution in [-0.2, 0) is 6.54 Å². The van der Waals surface area contributed by atoms with Gasteiger partial charge in [0.2, 0.25) is 0 Å². The number of ether oxygens (including phenoxy) is 1. The van der Waals surface area contributed by atoms with Gasteiger partial charge in [-0.05, 0) is 44.4 Å². The lowest BCUT2D eigenvalue weighted by atomic mass is 10.1. The van der Waals surface area contributed by atoms with E-state index in [1.54, 1.807) is 12.1 Å². The molecule has 2 aromatic carbocycles. The minimum Gasteiger partial charge on any atom is -0.457 e. The molecule has 0 N–H and O–H groups in total. The Bertz CT molecular complexity index is 657. The van der Waals surface area contributed by atoms with Crippen LogP contribution < -0.4 is 9.64 Å². The molecule has 0 aliphatic rings. The number of halogens is 2. The van der Waals surface area contributed by atoms with E-state index in [0.29, 0.717) is 15.8 Å². The summed E-state index contributed by atoms with van der Waals surface area (Å²) in [4.78, 5) is 4.18. The summed E-state index contributed by atoms with van der Waals surface area (Å²) in [6, 6.07) is 11.4. The van der Waals surface area contributed by atoms with Crippen molar-refractivity contribution < 1.29 is 4.74 Å². The van der Waals surface area contributed by atoms with Crippen LogP contribution in [0, 0.1) is 0 Å². The molecular weight excluding hydrogens is 319 g/mol. The van der Waals surface area contributed by atoms with E-state index in [4.69, 9.17) is 27.9 Å². The molecule has 0 spiro atoms. The fourth-order valence-electron chi connectivity index (χ4n) is 2.08. The SMILES string of the molecule is CN(C)Cc1cc(N(C)C)ccc1Oc1ccc(Cl)c(Cl)c1. The van der Waals surface area contributed by atoms with Crippen molar-refractivity contribution in [1.29, 1.82) is 0 Å². The summed E-state index contributed by atoms with van der Waals surface area (Å²) in [5.74, 6) is 1.49. The first-order chi connectivity index (χ1) is 10.4. The van der Waals surface area contributed by atoms with E-state index >= 15 is 0 Å². The van der Waals surface area contributed by atoms with Crippen LogP contribution >= 0.6 is 23.2 Å². The summed E-state index contributed by atoms with van der Waals surface area (Å²) < 4.78 is 5.99. The van der Waals surface area contributed by atoms with E-state index in [-0.39, 0.29) is 0 Å². The molecule has 0 saturated heterocycles. The van der Waals surface area contributed by atoms with Crippen LogP contribution in [0.2, 0.25) is 10.0 Å². The van der Waals surface area contributed by atoms with Gasteiger partial charge in [-0.3, -0.25) is 0 Å². The Kier molecular flexibility index (Phi) is 5.57. The maximum absolute atomic E-state index is 6.04. The van der Waals surface area contributed by atoms with Gasteiger partial charge in [-0.25, -0.2) is 0 Å². The van der Waals surface area contributed by atoms with E-state index < -0.39 is 0 Å². The minimum atomic E-state index is 0.484. The summed E-state index contributed by atoms with van der Waals surface area (Å²) in [6.07, 6.45) is 0. The second kappa shape index (κ2) is 7.23. The highest BCUT2D eigenvalue weighted by Gasteiger charge is 2.10. The zero-order chi connectivity index (χ0) is 16.3. The number of hydrogen-bond donors (Lipinski definition) is 0. The Labute approximate surface area is 142 Å². The molecule has 3 nitrogen and oxygen atoms in total. The van der Waals surface area contributed by atoms with Crippen molar-refractivity contribution in [2.45, 2.75) is 6.54 Å². The summed E-state index contributed by atoms with van der Waals surface area (Å²) in [7, 11) is 8.11. The van der Waals surface area contributed by atoms with Gasteiger partial charge in [-0.1, -0.05) is 23.2 Å². The van der Waals surface area contributed by atoms with Gasteiger partial charge in [-0.15, -0.1) is 0 Å². The lowest BCUT2D eigenvalue weighted by Crippen LogP contribution is -2.13. The second-order valence-electron chi connectivity index (χ2n) is 5.60. The largest absolute Gasteiger partial charge is 0.457 e. The first kappa shape index (κ1) is 16.9. The number of nitrogens with zero attached hydrogens (tertiary/aromatic N) is 2. The van der Waals surface area contributed by atoms with Gasteiger partial charge in [0.05, 0.1) is 10.0 Å². The molecule has 0 saturated carbocycles. The standard InChI is InChI=1S/C17H20Cl2N2O/c1-20(2)11-12-9-13(21(3)4)5-8-17(12)22-14-6-7-15(18)16(19)10-14/h5-10H,11H2,1-4H3. The van der Waals surface area contributed by atoms with Gasteiger partial charge in [0.25, 0.3) is 0 Å². The second-order valence-corrected chi connectivity index (χ2v) is 6.42. The van der Waals surface area contributed by atoms with Crippen LogP contribution in [0.4, 0.5) is 5.69 Å². The van der Waals surface area contributed by atoms with Gasteiger partial charge < -0.3 is 14.5 Å². The highest BCUT2D eigenvalue weighted by molar-refractivity contribution is 6.42. The summed E-state index contributed by atoms with van der Waals surface area (Å²) in [5, 5.41) is 1.00. The summed E-state index contributed by atoms with van der Waals surface area (Å²) >= 11 is 12.0. The molecule has 5 heteroatoms. The number of hydrogen-bond acceptors (Lipinski definition) is 3. The Morgan fingerprint density at radius 1 is 0.909 bits per heavy atom. The Hall–Kier alpha value is -1.42. The average molecular weight is 339 g/mol. The Morgan fingerprint density at radius 2 is 1.64 bits per heavy atom. The molecule has 118 valence electrons. The van der Waals surface area contributed by atoms with Crippen LogP contribution in [0.3, 0.4) is 0 Å². The molecule has 0 amide bonds. The van der Waals surface area contributed by atoms with E-state index in [9.17, 15) is 0 Å². The van der Waals surface area contributed by atoms with Gasteiger partial charge >= 0.3 is 0 Å². The lowest BCUT2D eigenvalue weighted by Gasteiger charge is -2.19. The zero-order valence-electron chi connectivity index (χ0n) is 13.2. The van der Waals surface area contributed by atoms with E-state index in [1.165, 1.54) is 0 Å². The molecule has 0 radical (unpaired) electrons. The summed E-state index contributed by atoms with van der Waals surface area (Å²) in [6.45, 7) is 0.790. The smallest absolute Gasteiger partial charge is 0.132 e. The van der Waals surface area contributed by atoms with Crippen molar-refractivity contribution in [3.63, 3.8) is 0 Å². The normalized spacial score (nSPS) is 10.9. The first-order valence-electron chi connectivity index (χ1n) is 6.94. The van der Waals surface area contributed by atoms with Crippen molar-refractivity contribution >= 4 is 28.9 Å². The van der Waals surface area contributed by atoms with Crippen molar-refractivity contribution in [3.8, 4) is 11.5 Å². The lowest BCUT2D eigenvalue weighted by molar-refractivity contribution is 0.388. The molecule has 2 aromatic rings. The number of anilines is 1. The van der Waals surface area contributed by atoms with Crippen LogP contribution in [0.1, 0.15) is 5.56 Å². The Morgan fingerprint density at radius 3 is 2.23 bits per heavy atom. The maximum Gasteiger partial charge on any atom is 0.132 e. The molecule has 0 aromatic heterocycles. The van der Waals surface area contributed by atoms with Crippen LogP contribution in [0.5, 0.6) is 11.5 Å². The van der Waals surface area contributed by atoms with E-state index in [0.717, 1.165) is 23.5 Å². The highest BCUT2D eigenvalue weighted by Crippen LogP contribution is 2.32. The molecule has 0 bridgehead atoms. The molecular formula is C17H20Cl2N2O. The summed E-state index contributed by atoms with van der Waals surface area (Å²) in [5.41, 5.74) is 2.25. The van der Waals surface area contributed by atoms with Crippen molar-refractivity contribution in [2.24, 2.45) is 0 Å². The third-order valence-electron chi connectivity index (χ3n) is 3.17. The van der Waals surface area contributed by atoms with Crippen molar-refractivity contribution in [3.05, 3.63) is 52.0 Å². The van der Waals surface area contributed by atoms with E-state index in [1.807, 2.05) is 46.4 Å². The molecule has 0 atom stereocenters. The molecule has 0 aliphatic carbocycles. The average Bonchev–Trinajstić information content (AvgIpc) is 2.44. The fraction of sp³-hybridized carbons (Fsp3) is 0.294. The minimum absolute atomic E-state index is 0.484. The van der Waals surface area contributed by atoms with Gasteiger partial charge in [0, 0.05) is 38.0 Å². The predicted octanol–water partition coefficient (Wildman–Crippen LogP) is 4.91. The molecule has 0 aliphatic heterocycles. The first-order valence-corrected chi connectivity index (χ1v) is 7.70. The molecule has 0 heterocycles. The molecule has 22 heavy (non-hydrogen) atoms.